The lowest BCUT2D eigenvalue weighted by molar-refractivity contribution is -0.123. The lowest BCUT2D eigenvalue weighted by atomic mass is 9.96. The first-order valence-corrected chi connectivity index (χ1v) is 13.4. The van der Waals surface area contributed by atoms with Gasteiger partial charge in [-0.05, 0) is 49.1 Å². The van der Waals surface area contributed by atoms with Gasteiger partial charge in [0.25, 0.3) is 11.5 Å². The van der Waals surface area contributed by atoms with E-state index in [4.69, 9.17) is 34.5 Å². The Bertz CT molecular complexity index is 1530. The fourth-order valence-corrected chi connectivity index (χ4v) is 5.99. The van der Waals surface area contributed by atoms with Crippen molar-refractivity contribution >= 4 is 69.3 Å². The largest absolute Gasteiger partial charge is 0.369 e. The van der Waals surface area contributed by atoms with Gasteiger partial charge in [0, 0.05) is 30.2 Å². The van der Waals surface area contributed by atoms with Gasteiger partial charge in [-0.15, -0.1) is 0 Å². The molecule has 2 aliphatic heterocycles. The molecule has 37 heavy (non-hydrogen) atoms. The Hall–Kier alpha value is -3.21. The highest BCUT2D eigenvalue weighted by atomic mass is 35.5. The predicted octanol–water partition coefficient (Wildman–Crippen LogP) is 3.76. The summed E-state index contributed by atoms with van der Waals surface area (Å²) in [7, 11) is 0. The number of primary amides is 1. The Kier molecular flexibility index (Phi) is 7.06. The molecule has 8 nitrogen and oxygen atoms in total. The number of hydrogen-bond donors (Lipinski definition) is 1. The van der Waals surface area contributed by atoms with E-state index in [1.165, 1.54) is 9.30 Å². The molecule has 0 bridgehead atoms. The van der Waals surface area contributed by atoms with E-state index in [1.54, 1.807) is 24.4 Å². The maximum atomic E-state index is 13.7. The number of aryl methyl sites for hydroxylation is 1. The van der Waals surface area contributed by atoms with Gasteiger partial charge >= 0.3 is 0 Å². The zero-order valence-corrected chi connectivity index (χ0v) is 22.4. The molecule has 2 aromatic heterocycles. The van der Waals surface area contributed by atoms with Crippen LogP contribution in [0.5, 0.6) is 0 Å². The molecule has 3 aromatic rings. The van der Waals surface area contributed by atoms with E-state index >= 15 is 0 Å². The van der Waals surface area contributed by atoms with Gasteiger partial charge in [0.15, 0.2) is 0 Å². The second-order valence-corrected chi connectivity index (χ2v) is 11.2. The summed E-state index contributed by atoms with van der Waals surface area (Å²) in [4.78, 5) is 47.4. The summed E-state index contributed by atoms with van der Waals surface area (Å²) in [6, 6.07) is 11.0. The summed E-state index contributed by atoms with van der Waals surface area (Å²) in [6.45, 7) is 3.18. The Morgan fingerprint density at radius 2 is 1.95 bits per heavy atom. The zero-order chi connectivity index (χ0) is 26.3. The topological polar surface area (TPSA) is 101 Å². The van der Waals surface area contributed by atoms with Gasteiger partial charge in [0.2, 0.25) is 5.91 Å². The number of nitrogens with two attached hydrogens (primary N) is 1. The molecule has 2 N–H and O–H groups in total. The molecular weight excluding hydrogens is 530 g/mol. The highest BCUT2D eigenvalue weighted by Crippen LogP contribution is 2.35. The van der Waals surface area contributed by atoms with Gasteiger partial charge < -0.3 is 10.6 Å². The lowest BCUT2D eigenvalue weighted by Gasteiger charge is -2.32. The fourth-order valence-electron chi connectivity index (χ4n) is 4.55. The molecule has 5 rings (SSSR count). The van der Waals surface area contributed by atoms with Crippen LogP contribution in [0.4, 0.5) is 5.82 Å². The molecule has 0 atom stereocenters. The van der Waals surface area contributed by atoms with Crippen molar-refractivity contribution in [3.05, 3.63) is 79.6 Å². The smallest absolute Gasteiger partial charge is 0.267 e. The van der Waals surface area contributed by atoms with Crippen LogP contribution in [0, 0.1) is 12.8 Å². The van der Waals surface area contributed by atoms with Crippen molar-refractivity contribution < 1.29 is 9.59 Å². The van der Waals surface area contributed by atoms with Crippen LogP contribution >= 0.6 is 35.6 Å². The third-order valence-corrected chi connectivity index (χ3v) is 8.36. The summed E-state index contributed by atoms with van der Waals surface area (Å²) in [5, 5.41) is 0.550. The number of benzene rings is 1. The van der Waals surface area contributed by atoms with Gasteiger partial charge in [-0.2, -0.15) is 0 Å². The van der Waals surface area contributed by atoms with Crippen molar-refractivity contribution in [3.63, 3.8) is 0 Å². The molecule has 2 fully saturated rings. The fraction of sp³-hybridized carbons (Fsp3) is 0.269. The molecule has 0 spiro atoms. The van der Waals surface area contributed by atoms with Crippen LogP contribution in [0.3, 0.4) is 0 Å². The number of pyridine rings is 1. The summed E-state index contributed by atoms with van der Waals surface area (Å²) < 4.78 is 1.88. The first-order valence-electron chi connectivity index (χ1n) is 11.8. The molecule has 0 aliphatic carbocycles. The van der Waals surface area contributed by atoms with E-state index in [-0.39, 0.29) is 29.8 Å². The number of piperidine rings is 1. The maximum Gasteiger partial charge on any atom is 0.267 e. The number of hydrogen-bond acceptors (Lipinski definition) is 7. The first kappa shape index (κ1) is 25.4. The summed E-state index contributed by atoms with van der Waals surface area (Å²) in [6.07, 6.45) is 4.46. The molecule has 0 radical (unpaired) electrons. The third kappa shape index (κ3) is 5.01. The number of thioether (sulfide) groups is 1. The Balaban J connectivity index is 1.55. The molecule has 11 heteroatoms. The number of carbonyl (C=O) groups is 2. The highest BCUT2D eigenvalue weighted by molar-refractivity contribution is 8.26. The van der Waals surface area contributed by atoms with Gasteiger partial charge in [-0.25, -0.2) is 4.98 Å². The van der Waals surface area contributed by atoms with Crippen LogP contribution in [-0.2, 0) is 16.1 Å². The number of anilines is 1. The van der Waals surface area contributed by atoms with Crippen LogP contribution in [-0.4, -0.2) is 43.5 Å². The predicted molar refractivity (Wildman–Crippen MR) is 150 cm³/mol. The minimum atomic E-state index is -0.316. The summed E-state index contributed by atoms with van der Waals surface area (Å²) in [5.41, 5.74) is 7.72. The van der Waals surface area contributed by atoms with Crippen molar-refractivity contribution in [1.29, 1.82) is 0 Å². The molecule has 190 valence electrons. The van der Waals surface area contributed by atoms with Crippen LogP contribution < -0.4 is 16.2 Å². The number of rotatable bonds is 5. The number of carbonyl (C=O) groups excluding carboxylic acids is 2. The summed E-state index contributed by atoms with van der Waals surface area (Å²) in [5.74, 6) is -0.329. The molecular formula is C26H24ClN5O3S2. The minimum Gasteiger partial charge on any atom is -0.369 e. The maximum absolute atomic E-state index is 13.7. The Morgan fingerprint density at radius 3 is 2.65 bits per heavy atom. The standard InChI is InChI=1S/C26H24ClN5O3S2/c1-15-6-7-21-29-23(30-10-8-16(9-11-30)22(28)33)18(24(34)31(21)13-15)12-20-25(35)32(26(36)37-20)14-17-4-2-3-5-19(17)27/h2-7,12-13,16H,8-11,14H2,1H3,(H2,28,33). The Labute approximate surface area is 228 Å². The molecule has 4 heterocycles. The quantitative estimate of drug-likeness (QED) is 0.379. The van der Waals surface area contributed by atoms with E-state index in [9.17, 15) is 14.4 Å². The first-order chi connectivity index (χ1) is 17.7. The third-order valence-electron chi connectivity index (χ3n) is 6.62. The number of nitrogens with zero attached hydrogens (tertiary/aromatic N) is 4. The number of halogens is 1. The van der Waals surface area contributed by atoms with Crippen LogP contribution in [0.25, 0.3) is 11.7 Å². The molecule has 0 unspecified atom stereocenters. The van der Waals surface area contributed by atoms with E-state index in [0.717, 1.165) is 22.9 Å². The Morgan fingerprint density at radius 1 is 1.22 bits per heavy atom. The molecule has 1 aromatic carbocycles. The van der Waals surface area contributed by atoms with Crippen molar-refractivity contribution in [2.45, 2.75) is 26.3 Å². The van der Waals surface area contributed by atoms with Crippen LogP contribution in [0.15, 0.2) is 52.3 Å². The minimum absolute atomic E-state index is 0.204. The molecule has 0 saturated carbocycles. The van der Waals surface area contributed by atoms with Gasteiger partial charge in [-0.3, -0.25) is 23.7 Å². The van der Waals surface area contributed by atoms with E-state index in [1.807, 2.05) is 36.1 Å². The van der Waals surface area contributed by atoms with Gasteiger partial charge in [0.1, 0.15) is 15.8 Å². The SMILES string of the molecule is Cc1ccc2nc(N3CCC(C(N)=O)CC3)c(C=C3SC(=S)N(Cc4ccccc4Cl)C3=O)c(=O)n2c1. The van der Waals surface area contributed by atoms with E-state index in [2.05, 4.69) is 0 Å². The van der Waals surface area contributed by atoms with E-state index in [0.29, 0.717) is 57.2 Å². The lowest BCUT2D eigenvalue weighted by Crippen LogP contribution is -2.40. The monoisotopic (exact) mass is 553 g/mol. The molecule has 2 amide bonds. The van der Waals surface area contributed by atoms with Crippen molar-refractivity contribution in [2.75, 3.05) is 18.0 Å². The van der Waals surface area contributed by atoms with Crippen molar-refractivity contribution in [3.8, 4) is 0 Å². The molecule has 2 saturated heterocycles. The second-order valence-electron chi connectivity index (χ2n) is 9.11. The number of aromatic nitrogens is 2. The number of amides is 2. The number of thiocarbonyl (C=S) groups is 1. The summed E-state index contributed by atoms with van der Waals surface area (Å²) >= 11 is 13.0. The molecule has 2 aliphatic rings. The highest BCUT2D eigenvalue weighted by Gasteiger charge is 2.34. The van der Waals surface area contributed by atoms with Crippen LogP contribution in [0.2, 0.25) is 5.02 Å². The van der Waals surface area contributed by atoms with E-state index < -0.39 is 0 Å². The van der Waals surface area contributed by atoms with Crippen molar-refractivity contribution in [1.82, 2.24) is 14.3 Å². The second kappa shape index (κ2) is 10.3. The van der Waals surface area contributed by atoms with Gasteiger partial charge in [0.05, 0.1) is 17.0 Å². The van der Waals surface area contributed by atoms with Gasteiger partial charge in [-0.1, -0.05) is 59.8 Å². The zero-order valence-electron chi connectivity index (χ0n) is 20.0. The van der Waals surface area contributed by atoms with Crippen molar-refractivity contribution in [2.24, 2.45) is 11.7 Å². The number of fused-ring (bicyclic) bond motifs is 1. The average Bonchev–Trinajstić information content (AvgIpc) is 3.14. The van der Waals surface area contributed by atoms with Crippen LogP contribution in [0.1, 0.15) is 29.5 Å². The normalized spacial score (nSPS) is 17.8. The average molecular weight is 554 g/mol.